The van der Waals surface area contributed by atoms with Crippen molar-refractivity contribution in [2.24, 2.45) is 0 Å². The fourth-order valence-corrected chi connectivity index (χ4v) is 3.48. The molecule has 0 aliphatic carbocycles. The van der Waals surface area contributed by atoms with Gasteiger partial charge in [-0.2, -0.15) is 0 Å². The van der Waals surface area contributed by atoms with Gasteiger partial charge in [0, 0.05) is 42.2 Å². The molecule has 1 aromatic heterocycles. The third-order valence-corrected chi connectivity index (χ3v) is 5.19. The van der Waals surface area contributed by atoms with Gasteiger partial charge in [-0.25, -0.2) is 9.18 Å². The zero-order valence-corrected chi connectivity index (χ0v) is 17.2. The van der Waals surface area contributed by atoms with Crippen LogP contribution < -0.4 is 10.1 Å². The van der Waals surface area contributed by atoms with E-state index in [1.54, 1.807) is 29.2 Å². The highest BCUT2D eigenvalue weighted by molar-refractivity contribution is 6.32. The summed E-state index contributed by atoms with van der Waals surface area (Å²) in [5, 5.41) is 21.9. The predicted octanol–water partition coefficient (Wildman–Crippen LogP) is 3.56. The quantitative estimate of drug-likeness (QED) is 0.645. The van der Waals surface area contributed by atoms with E-state index >= 15 is 0 Å². The van der Waals surface area contributed by atoms with Crippen molar-refractivity contribution in [3.05, 3.63) is 58.4 Å². The van der Waals surface area contributed by atoms with Crippen LogP contribution in [0.5, 0.6) is 5.75 Å². The van der Waals surface area contributed by atoms with Crippen LogP contribution in [0.15, 0.2) is 36.5 Å². The van der Waals surface area contributed by atoms with Gasteiger partial charge < -0.3 is 25.2 Å². The Morgan fingerprint density at radius 2 is 2.23 bits per heavy atom. The lowest BCUT2D eigenvalue weighted by molar-refractivity contribution is 0.0953. The Labute approximate surface area is 178 Å². The summed E-state index contributed by atoms with van der Waals surface area (Å²) in [4.78, 5) is 18.5. The number of alkyl halides is 1. The normalized spacial score (nSPS) is 14.8. The molecule has 30 heavy (non-hydrogen) atoms. The number of nitrogens with one attached hydrogen (secondary N) is 1. The third kappa shape index (κ3) is 4.89. The number of aliphatic hydroxyl groups excluding tert-OH is 2. The smallest absolute Gasteiger partial charge is 0.322 e. The third-order valence-electron chi connectivity index (χ3n) is 4.90. The van der Waals surface area contributed by atoms with Crippen molar-refractivity contribution < 1.29 is 24.1 Å². The van der Waals surface area contributed by atoms with E-state index in [0.717, 1.165) is 5.57 Å². The zero-order chi connectivity index (χ0) is 21.7. The number of ether oxygens (including phenoxy) is 1. The number of carbonyl (C=O) groups excluding carboxylic acids is 1. The molecule has 0 saturated heterocycles. The van der Waals surface area contributed by atoms with Crippen molar-refractivity contribution in [2.45, 2.75) is 19.2 Å². The summed E-state index contributed by atoms with van der Waals surface area (Å²) in [6.07, 6.45) is 2.90. The Balaban J connectivity index is 1.66. The molecule has 3 N–H and O–H groups in total. The fourth-order valence-electron chi connectivity index (χ4n) is 3.18. The van der Waals surface area contributed by atoms with E-state index in [2.05, 4.69) is 10.3 Å². The van der Waals surface area contributed by atoms with Crippen LogP contribution in [0.25, 0.3) is 5.57 Å². The van der Waals surface area contributed by atoms with Gasteiger partial charge in [-0.05, 0) is 24.1 Å². The number of urea groups is 1. The van der Waals surface area contributed by atoms with E-state index in [4.69, 9.17) is 21.4 Å². The minimum Gasteiger partial charge on any atom is -0.496 e. The molecule has 160 valence electrons. The Kier molecular flexibility index (Phi) is 7.25. The monoisotopic (exact) mass is 435 g/mol. The number of nitrogens with zero attached hydrogens (tertiary/aromatic N) is 2. The van der Waals surface area contributed by atoms with Gasteiger partial charge >= 0.3 is 6.03 Å². The van der Waals surface area contributed by atoms with Crippen molar-refractivity contribution in [1.29, 1.82) is 0 Å². The number of hydrogen-bond donors (Lipinski definition) is 3. The summed E-state index contributed by atoms with van der Waals surface area (Å²) in [5.41, 5.74) is 2.88. The van der Waals surface area contributed by atoms with Crippen molar-refractivity contribution in [2.75, 3.05) is 32.1 Å². The molecule has 2 heterocycles. The summed E-state index contributed by atoms with van der Waals surface area (Å²) < 4.78 is 18.1. The molecule has 2 aromatic rings. The Morgan fingerprint density at radius 3 is 2.83 bits per heavy atom. The predicted molar refractivity (Wildman–Crippen MR) is 112 cm³/mol. The number of methoxy groups -OCH3 is 1. The molecule has 2 amide bonds. The van der Waals surface area contributed by atoms with Gasteiger partial charge in [0.05, 0.1) is 24.4 Å². The van der Waals surface area contributed by atoms with Crippen molar-refractivity contribution in [3.63, 3.8) is 0 Å². The molecule has 0 bridgehead atoms. The molecule has 0 unspecified atom stereocenters. The molecule has 0 spiro atoms. The topological polar surface area (TPSA) is 94.9 Å². The molecule has 1 atom stereocenters. The summed E-state index contributed by atoms with van der Waals surface area (Å²) in [6.45, 7) is -0.212. The highest BCUT2D eigenvalue weighted by Gasteiger charge is 2.21. The lowest BCUT2D eigenvalue weighted by Crippen LogP contribution is -2.38. The van der Waals surface area contributed by atoms with Crippen LogP contribution in [0, 0.1) is 0 Å². The Bertz CT molecular complexity index is 954. The van der Waals surface area contributed by atoms with Crippen LogP contribution in [-0.4, -0.2) is 52.9 Å². The molecular formula is C21H23ClFN3O4. The molecule has 1 aliphatic rings. The number of benzene rings is 1. The molecular weight excluding hydrogens is 413 g/mol. The number of pyridine rings is 1. The molecule has 1 aliphatic heterocycles. The minimum absolute atomic E-state index is 0.277. The number of amides is 2. The highest BCUT2D eigenvalue weighted by Crippen LogP contribution is 2.29. The average molecular weight is 436 g/mol. The van der Waals surface area contributed by atoms with Crippen LogP contribution in [0.3, 0.4) is 0 Å². The van der Waals surface area contributed by atoms with Gasteiger partial charge in [0.15, 0.2) is 0 Å². The fraction of sp³-hybridized carbons (Fsp3) is 0.333. The maximum Gasteiger partial charge on any atom is 0.322 e. The van der Waals surface area contributed by atoms with Gasteiger partial charge in [0.1, 0.15) is 18.5 Å². The van der Waals surface area contributed by atoms with Crippen LogP contribution in [0.4, 0.5) is 14.9 Å². The van der Waals surface area contributed by atoms with E-state index < -0.39 is 19.4 Å². The van der Waals surface area contributed by atoms with Crippen LogP contribution >= 0.6 is 11.6 Å². The molecule has 9 heteroatoms. The van der Waals surface area contributed by atoms with Gasteiger partial charge in [-0.15, -0.1) is 0 Å². The van der Waals surface area contributed by atoms with Crippen LogP contribution in [-0.2, 0) is 6.67 Å². The standard InChI is InChI=1S/C21H23ClFN3O4/c1-30-19-9-16(3-2-14(19)10-23)25-21(29)26-6-4-13(5-7-26)20-17(22)8-15(11-24-20)18(28)12-27/h2-4,8-9,11,18,27-28H,5-7,10,12H2,1H3,(H,25,29)/t18-/m0/s1. The number of aromatic nitrogens is 1. The lowest BCUT2D eigenvalue weighted by atomic mass is 10.0. The number of hydrogen-bond acceptors (Lipinski definition) is 5. The number of rotatable bonds is 6. The highest BCUT2D eigenvalue weighted by atomic mass is 35.5. The van der Waals surface area contributed by atoms with E-state index in [0.29, 0.717) is 52.8 Å². The second-order valence-corrected chi connectivity index (χ2v) is 7.22. The van der Waals surface area contributed by atoms with E-state index in [-0.39, 0.29) is 6.03 Å². The van der Waals surface area contributed by atoms with E-state index in [1.165, 1.54) is 13.3 Å². The minimum atomic E-state index is -1.03. The average Bonchev–Trinajstić information content (AvgIpc) is 2.78. The molecule has 7 nitrogen and oxygen atoms in total. The zero-order valence-electron chi connectivity index (χ0n) is 16.4. The van der Waals surface area contributed by atoms with E-state index in [1.807, 2.05) is 6.08 Å². The first-order valence-corrected chi connectivity index (χ1v) is 9.77. The second kappa shape index (κ2) is 9.88. The first-order chi connectivity index (χ1) is 14.5. The van der Waals surface area contributed by atoms with Gasteiger partial charge in [0.25, 0.3) is 0 Å². The number of halogens is 2. The first kappa shape index (κ1) is 22.0. The lowest BCUT2D eigenvalue weighted by Gasteiger charge is -2.27. The van der Waals surface area contributed by atoms with E-state index in [9.17, 15) is 14.3 Å². The summed E-state index contributed by atoms with van der Waals surface area (Å²) >= 11 is 6.30. The van der Waals surface area contributed by atoms with Gasteiger partial charge in [-0.3, -0.25) is 4.98 Å². The van der Waals surface area contributed by atoms with Crippen LogP contribution in [0.2, 0.25) is 5.02 Å². The maximum absolute atomic E-state index is 12.9. The van der Waals surface area contributed by atoms with Gasteiger partial charge in [0.2, 0.25) is 0 Å². The number of carbonyl (C=O) groups is 1. The SMILES string of the molecule is COc1cc(NC(=O)N2CC=C(c3ncc([C@@H](O)CO)cc3Cl)CC2)ccc1CF. The summed E-state index contributed by atoms with van der Waals surface area (Å²) in [7, 11) is 1.45. The van der Waals surface area contributed by atoms with Crippen molar-refractivity contribution in [1.82, 2.24) is 9.88 Å². The van der Waals surface area contributed by atoms with Crippen molar-refractivity contribution in [3.8, 4) is 5.75 Å². The van der Waals surface area contributed by atoms with Crippen LogP contribution in [0.1, 0.15) is 29.3 Å². The Morgan fingerprint density at radius 1 is 1.43 bits per heavy atom. The first-order valence-electron chi connectivity index (χ1n) is 9.39. The molecule has 3 rings (SSSR count). The maximum atomic E-state index is 12.9. The van der Waals surface area contributed by atoms with Crippen molar-refractivity contribution >= 4 is 28.9 Å². The Hall–Kier alpha value is -2.68. The largest absolute Gasteiger partial charge is 0.496 e. The van der Waals surface area contributed by atoms with Gasteiger partial charge in [-0.1, -0.05) is 23.7 Å². The molecule has 0 radical (unpaired) electrons. The molecule has 1 aromatic carbocycles. The molecule has 0 saturated carbocycles. The number of aliphatic hydroxyl groups is 2. The number of anilines is 1. The second-order valence-electron chi connectivity index (χ2n) is 6.81. The molecule has 0 fully saturated rings. The summed E-state index contributed by atoms with van der Waals surface area (Å²) in [6, 6.07) is 6.10. The summed E-state index contributed by atoms with van der Waals surface area (Å²) in [5.74, 6) is 0.381.